The Hall–Kier alpha value is -1.84. The van der Waals surface area contributed by atoms with E-state index in [-0.39, 0.29) is 35.4 Å². The Morgan fingerprint density at radius 1 is 1.20 bits per heavy atom. The molecule has 0 radical (unpaired) electrons. The number of benzene rings is 1. The van der Waals surface area contributed by atoms with E-state index in [1.165, 1.54) is 23.7 Å². The van der Waals surface area contributed by atoms with Crippen molar-refractivity contribution in [3.8, 4) is 5.75 Å². The summed E-state index contributed by atoms with van der Waals surface area (Å²) in [6.45, 7) is 1.03. The van der Waals surface area contributed by atoms with Gasteiger partial charge >= 0.3 is 0 Å². The predicted molar refractivity (Wildman–Crippen MR) is 94.1 cm³/mol. The van der Waals surface area contributed by atoms with Gasteiger partial charge in [-0.25, -0.2) is 8.42 Å². The van der Waals surface area contributed by atoms with E-state index in [0.29, 0.717) is 17.6 Å². The van der Waals surface area contributed by atoms with Gasteiger partial charge in [0, 0.05) is 30.7 Å². The summed E-state index contributed by atoms with van der Waals surface area (Å²) < 4.78 is 38.2. The molecule has 1 aliphatic rings. The summed E-state index contributed by atoms with van der Waals surface area (Å²) in [5.74, 6) is 0.310. The third-order valence-corrected chi connectivity index (χ3v) is 6.41. The molecule has 134 valence electrons. The van der Waals surface area contributed by atoms with Crippen molar-refractivity contribution < 1.29 is 22.4 Å². The van der Waals surface area contributed by atoms with Gasteiger partial charge in [0.15, 0.2) is 5.76 Å². The second kappa shape index (κ2) is 7.19. The first-order chi connectivity index (χ1) is 11.9. The Balaban J connectivity index is 1.76. The van der Waals surface area contributed by atoms with Crippen molar-refractivity contribution >= 4 is 31.9 Å². The molecule has 3 rings (SSSR count). The molecule has 1 aromatic heterocycles. The lowest BCUT2D eigenvalue weighted by molar-refractivity contribution is 0.0666. The number of ether oxygens (including phenoxy) is 1. The number of sulfonamides is 1. The zero-order valence-corrected chi connectivity index (χ0v) is 15.9. The molecule has 2 aromatic rings. The number of rotatable bonds is 4. The third-order valence-electron chi connectivity index (χ3n) is 4.00. The van der Waals surface area contributed by atoms with Crippen LogP contribution < -0.4 is 4.74 Å². The van der Waals surface area contributed by atoms with E-state index in [0.717, 1.165) is 0 Å². The fourth-order valence-electron chi connectivity index (χ4n) is 2.68. The average molecular weight is 429 g/mol. The maximum Gasteiger partial charge on any atom is 0.289 e. The van der Waals surface area contributed by atoms with E-state index in [2.05, 4.69) is 15.9 Å². The minimum absolute atomic E-state index is 0.107. The number of halogens is 1. The molecular formula is C16H17BrN2O5S. The van der Waals surface area contributed by atoms with Gasteiger partial charge in [0.25, 0.3) is 5.91 Å². The van der Waals surface area contributed by atoms with E-state index in [4.69, 9.17) is 9.15 Å². The molecule has 7 nitrogen and oxygen atoms in total. The van der Waals surface area contributed by atoms with Gasteiger partial charge in [-0.1, -0.05) is 15.9 Å². The number of nitrogens with zero attached hydrogens (tertiary/aromatic N) is 2. The normalized spacial score (nSPS) is 16.0. The Labute approximate surface area is 154 Å². The van der Waals surface area contributed by atoms with Crippen LogP contribution in [0.2, 0.25) is 0 Å². The summed E-state index contributed by atoms with van der Waals surface area (Å²) in [7, 11) is -2.28. The summed E-state index contributed by atoms with van der Waals surface area (Å²) in [5.41, 5.74) is 0. The van der Waals surface area contributed by atoms with Crippen molar-refractivity contribution in [3.63, 3.8) is 0 Å². The van der Waals surface area contributed by atoms with Crippen LogP contribution in [0.15, 0.2) is 50.4 Å². The maximum absolute atomic E-state index is 12.9. The highest BCUT2D eigenvalue weighted by Gasteiger charge is 2.33. The van der Waals surface area contributed by atoms with Gasteiger partial charge in [0.2, 0.25) is 10.0 Å². The van der Waals surface area contributed by atoms with Gasteiger partial charge in [-0.05, 0) is 30.3 Å². The van der Waals surface area contributed by atoms with Gasteiger partial charge in [0.1, 0.15) is 10.6 Å². The number of furan rings is 1. The molecule has 0 bridgehead atoms. The molecular weight excluding hydrogens is 412 g/mol. The first-order valence-electron chi connectivity index (χ1n) is 7.60. The molecule has 0 atom stereocenters. The van der Waals surface area contributed by atoms with Crippen molar-refractivity contribution in [1.29, 1.82) is 0 Å². The van der Waals surface area contributed by atoms with Crippen LogP contribution in [-0.4, -0.2) is 56.8 Å². The number of amides is 1. The molecule has 0 aliphatic carbocycles. The van der Waals surface area contributed by atoms with Crippen LogP contribution in [0.3, 0.4) is 0 Å². The van der Waals surface area contributed by atoms with Gasteiger partial charge in [0.05, 0.1) is 13.4 Å². The van der Waals surface area contributed by atoms with Crippen molar-refractivity contribution in [3.05, 3.63) is 46.8 Å². The van der Waals surface area contributed by atoms with Crippen molar-refractivity contribution in [1.82, 2.24) is 9.21 Å². The standard InChI is InChI=1S/C16H17BrN2O5S/c1-23-13-5-4-12(17)11-15(13)25(21,22)19-8-6-18(7-9-19)16(20)14-3-2-10-24-14/h2-5,10-11H,6-9H2,1H3. The molecule has 0 N–H and O–H groups in total. The number of hydrogen-bond donors (Lipinski definition) is 0. The van der Waals surface area contributed by atoms with Gasteiger partial charge < -0.3 is 14.1 Å². The summed E-state index contributed by atoms with van der Waals surface area (Å²) >= 11 is 3.29. The number of hydrogen-bond acceptors (Lipinski definition) is 5. The van der Waals surface area contributed by atoms with Gasteiger partial charge in [-0.15, -0.1) is 0 Å². The Morgan fingerprint density at radius 3 is 2.52 bits per heavy atom. The SMILES string of the molecule is COc1ccc(Br)cc1S(=O)(=O)N1CCN(C(=O)c2ccco2)CC1. The fraction of sp³-hybridized carbons (Fsp3) is 0.312. The number of methoxy groups -OCH3 is 1. The van der Waals surface area contributed by atoms with E-state index < -0.39 is 10.0 Å². The number of carbonyl (C=O) groups is 1. The summed E-state index contributed by atoms with van der Waals surface area (Å²) in [6, 6.07) is 8.09. The predicted octanol–water partition coefficient (Wildman–Crippen LogP) is 2.20. The van der Waals surface area contributed by atoms with Crippen LogP contribution in [0.25, 0.3) is 0 Å². The largest absolute Gasteiger partial charge is 0.495 e. The molecule has 1 aromatic carbocycles. The zero-order chi connectivity index (χ0) is 18.0. The van der Waals surface area contributed by atoms with Crippen molar-refractivity contribution in [2.75, 3.05) is 33.3 Å². The zero-order valence-electron chi connectivity index (χ0n) is 13.5. The van der Waals surface area contributed by atoms with E-state index in [1.807, 2.05) is 0 Å². The van der Waals surface area contributed by atoms with Crippen LogP contribution >= 0.6 is 15.9 Å². The maximum atomic E-state index is 12.9. The van der Waals surface area contributed by atoms with Crippen molar-refractivity contribution in [2.45, 2.75) is 4.90 Å². The van der Waals surface area contributed by atoms with Crippen LogP contribution in [0.4, 0.5) is 0 Å². The lowest BCUT2D eigenvalue weighted by atomic mass is 10.3. The first kappa shape index (κ1) is 18.0. The highest BCUT2D eigenvalue weighted by molar-refractivity contribution is 9.10. The fourth-order valence-corrected chi connectivity index (χ4v) is 4.80. The quantitative estimate of drug-likeness (QED) is 0.745. The molecule has 1 amide bonds. The van der Waals surface area contributed by atoms with E-state index in [1.54, 1.807) is 29.2 Å². The average Bonchev–Trinajstić information content (AvgIpc) is 3.16. The summed E-state index contributed by atoms with van der Waals surface area (Å²) in [5, 5.41) is 0. The van der Waals surface area contributed by atoms with Gasteiger partial charge in [-0.3, -0.25) is 4.79 Å². The second-order valence-electron chi connectivity index (χ2n) is 5.47. The summed E-state index contributed by atoms with van der Waals surface area (Å²) in [4.78, 5) is 14.0. The Kier molecular flexibility index (Phi) is 5.16. The molecule has 0 unspecified atom stereocenters. The topological polar surface area (TPSA) is 80.1 Å². The Morgan fingerprint density at radius 2 is 1.92 bits per heavy atom. The highest BCUT2D eigenvalue weighted by atomic mass is 79.9. The molecule has 1 fully saturated rings. The number of carbonyl (C=O) groups excluding carboxylic acids is 1. The van der Waals surface area contributed by atoms with Gasteiger partial charge in [-0.2, -0.15) is 4.31 Å². The van der Waals surface area contributed by atoms with Crippen LogP contribution in [0, 0.1) is 0 Å². The van der Waals surface area contributed by atoms with Crippen LogP contribution in [-0.2, 0) is 10.0 Å². The van der Waals surface area contributed by atoms with Crippen molar-refractivity contribution in [2.24, 2.45) is 0 Å². The Bertz CT molecular complexity index is 859. The lowest BCUT2D eigenvalue weighted by Crippen LogP contribution is -2.50. The molecule has 1 aliphatic heterocycles. The highest BCUT2D eigenvalue weighted by Crippen LogP contribution is 2.30. The smallest absolute Gasteiger partial charge is 0.289 e. The second-order valence-corrected chi connectivity index (χ2v) is 8.29. The molecule has 1 saturated heterocycles. The summed E-state index contributed by atoms with van der Waals surface area (Å²) in [6.07, 6.45) is 1.44. The molecule has 25 heavy (non-hydrogen) atoms. The number of piperazine rings is 1. The third kappa shape index (κ3) is 3.58. The molecule has 0 spiro atoms. The minimum Gasteiger partial charge on any atom is -0.495 e. The lowest BCUT2D eigenvalue weighted by Gasteiger charge is -2.33. The minimum atomic E-state index is -3.71. The van der Waals surface area contributed by atoms with E-state index in [9.17, 15) is 13.2 Å². The molecule has 0 saturated carbocycles. The van der Waals surface area contributed by atoms with E-state index >= 15 is 0 Å². The van der Waals surface area contributed by atoms with Crippen LogP contribution in [0.1, 0.15) is 10.6 Å². The molecule has 9 heteroatoms. The first-order valence-corrected chi connectivity index (χ1v) is 9.83. The van der Waals surface area contributed by atoms with Crippen LogP contribution in [0.5, 0.6) is 5.75 Å². The monoisotopic (exact) mass is 428 g/mol. The molecule has 2 heterocycles.